The van der Waals surface area contributed by atoms with E-state index in [0.717, 1.165) is 23.5 Å². The molecule has 0 radical (unpaired) electrons. The summed E-state index contributed by atoms with van der Waals surface area (Å²) in [6, 6.07) is 5.74. The van der Waals surface area contributed by atoms with E-state index >= 15 is 0 Å². The Balaban J connectivity index is 0.00000196. The van der Waals surface area contributed by atoms with Gasteiger partial charge in [-0.2, -0.15) is 0 Å². The van der Waals surface area contributed by atoms with Gasteiger partial charge in [-0.05, 0) is 33.2 Å². The Morgan fingerprint density at radius 1 is 1.33 bits per heavy atom. The van der Waals surface area contributed by atoms with Gasteiger partial charge in [0.2, 0.25) is 0 Å². The number of likely N-dealkylation sites (N-methyl/N-ethyl adjacent to an activating group) is 1. The second-order valence-electron chi connectivity index (χ2n) is 3.62. The molecule has 4 heteroatoms. The zero-order valence-electron chi connectivity index (χ0n) is 9.49. The van der Waals surface area contributed by atoms with Crippen molar-refractivity contribution in [3.63, 3.8) is 0 Å². The molecule has 15 heavy (non-hydrogen) atoms. The molecule has 0 saturated carbocycles. The first-order valence-corrected chi connectivity index (χ1v) is 4.74. The second kappa shape index (κ2) is 6.53. The van der Waals surface area contributed by atoms with Crippen molar-refractivity contribution in [2.24, 2.45) is 0 Å². The van der Waals surface area contributed by atoms with Crippen LogP contribution in [0, 0.1) is 6.92 Å². The number of rotatable bonds is 4. The predicted molar refractivity (Wildman–Crippen MR) is 66.9 cm³/mol. The van der Waals surface area contributed by atoms with E-state index in [-0.39, 0.29) is 12.4 Å². The largest absolute Gasteiger partial charge is 0.492 e. The normalized spacial score (nSPS) is 9.87. The molecule has 1 aromatic rings. The van der Waals surface area contributed by atoms with Crippen LogP contribution in [0.2, 0.25) is 0 Å². The zero-order valence-corrected chi connectivity index (χ0v) is 10.3. The maximum Gasteiger partial charge on any atom is 0.124 e. The lowest BCUT2D eigenvalue weighted by Crippen LogP contribution is -2.19. The molecule has 0 bridgehead atoms. The molecule has 3 nitrogen and oxygen atoms in total. The summed E-state index contributed by atoms with van der Waals surface area (Å²) >= 11 is 0. The van der Waals surface area contributed by atoms with Crippen molar-refractivity contribution in [1.82, 2.24) is 4.90 Å². The van der Waals surface area contributed by atoms with E-state index < -0.39 is 0 Å². The van der Waals surface area contributed by atoms with Crippen LogP contribution in [0.5, 0.6) is 5.75 Å². The fraction of sp³-hybridized carbons (Fsp3) is 0.455. The van der Waals surface area contributed by atoms with E-state index in [4.69, 9.17) is 10.5 Å². The number of nitrogen functional groups attached to an aromatic ring is 1. The first-order chi connectivity index (χ1) is 6.61. The van der Waals surface area contributed by atoms with E-state index in [1.807, 2.05) is 39.2 Å². The van der Waals surface area contributed by atoms with Crippen molar-refractivity contribution in [3.8, 4) is 5.75 Å². The average molecular weight is 231 g/mol. The summed E-state index contributed by atoms with van der Waals surface area (Å²) in [5.74, 6) is 0.881. The Labute approximate surface area is 97.6 Å². The lowest BCUT2D eigenvalue weighted by molar-refractivity contribution is 0.260. The smallest absolute Gasteiger partial charge is 0.124 e. The van der Waals surface area contributed by atoms with E-state index in [2.05, 4.69) is 4.90 Å². The Morgan fingerprint density at radius 3 is 2.60 bits per heavy atom. The van der Waals surface area contributed by atoms with Crippen LogP contribution in [0.25, 0.3) is 0 Å². The van der Waals surface area contributed by atoms with Crippen LogP contribution in [-0.2, 0) is 0 Å². The van der Waals surface area contributed by atoms with Gasteiger partial charge in [0.1, 0.15) is 12.4 Å². The van der Waals surface area contributed by atoms with Gasteiger partial charge in [-0.25, -0.2) is 0 Å². The Bertz CT molecular complexity index is 303. The highest BCUT2D eigenvalue weighted by atomic mass is 35.5. The van der Waals surface area contributed by atoms with Gasteiger partial charge in [0.15, 0.2) is 0 Å². The SMILES string of the molecule is Cc1c(N)cccc1OCCN(C)C.Cl. The van der Waals surface area contributed by atoms with Crippen molar-refractivity contribution in [2.75, 3.05) is 33.0 Å². The molecule has 0 atom stereocenters. The summed E-state index contributed by atoms with van der Waals surface area (Å²) in [6.07, 6.45) is 0. The summed E-state index contributed by atoms with van der Waals surface area (Å²) in [7, 11) is 4.05. The van der Waals surface area contributed by atoms with Crippen LogP contribution < -0.4 is 10.5 Å². The van der Waals surface area contributed by atoms with E-state index in [0.29, 0.717) is 6.61 Å². The number of halogens is 1. The highest BCUT2D eigenvalue weighted by Crippen LogP contribution is 2.22. The van der Waals surface area contributed by atoms with Gasteiger partial charge in [0.25, 0.3) is 0 Å². The number of ether oxygens (including phenoxy) is 1. The molecule has 2 N–H and O–H groups in total. The van der Waals surface area contributed by atoms with Crippen molar-refractivity contribution in [3.05, 3.63) is 23.8 Å². The summed E-state index contributed by atoms with van der Waals surface area (Å²) in [5, 5.41) is 0. The van der Waals surface area contributed by atoms with Crippen molar-refractivity contribution < 1.29 is 4.74 Å². The van der Waals surface area contributed by atoms with Crippen LogP contribution in [0.15, 0.2) is 18.2 Å². The third kappa shape index (κ3) is 4.40. The van der Waals surface area contributed by atoms with Crippen LogP contribution in [-0.4, -0.2) is 32.1 Å². The van der Waals surface area contributed by atoms with E-state index in [9.17, 15) is 0 Å². The molecule has 0 aromatic heterocycles. The molecule has 0 fully saturated rings. The second-order valence-corrected chi connectivity index (χ2v) is 3.62. The predicted octanol–water partition coefficient (Wildman–Crippen LogP) is 1.94. The van der Waals surface area contributed by atoms with Gasteiger partial charge >= 0.3 is 0 Å². The molecule has 1 aromatic carbocycles. The van der Waals surface area contributed by atoms with Crippen LogP contribution in [0.3, 0.4) is 0 Å². The Morgan fingerprint density at radius 2 is 2.00 bits per heavy atom. The van der Waals surface area contributed by atoms with Crippen molar-refractivity contribution >= 4 is 18.1 Å². The summed E-state index contributed by atoms with van der Waals surface area (Å²) in [4.78, 5) is 2.08. The van der Waals surface area contributed by atoms with Crippen LogP contribution in [0.1, 0.15) is 5.56 Å². The number of hydrogen-bond donors (Lipinski definition) is 1. The van der Waals surface area contributed by atoms with Gasteiger partial charge in [0.05, 0.1) is 0 Å². The van der Waals surface area contributed by atoms with Crippen LogP contribution >= 0.6 is 12.4 Å². The lowest BCUT2D eigenvalue weighted by Gasteiger charge is -2.13. The van der Waals surface area contributed by atoms with Crippen LogP contribution in [0.4, 0.5) is 5.69 Å². The first-order valence-electron chi connectivity index (χ1n) is 4.74. The lowest BCUT2D eigenvalue weighted by atomic mass is 10.2. The third-order valence-corrected chi connectivity index (χ3v) is 2.12. The molecular formula is C11H19ClN2O. The van der Waals surface area contributed by atoms with Gasteiger partial charge in [-0.15, -0.1) is 12.4 Å². The molecule has 0 saturated heterocycles. The number of anilines is 1. The molecule has 0 aliphatic carbocycles. The number of nitrogens with zero attached hydrogens (tertiary/aromatic N) is 1. The monoisotopic (exact) mass is 230 g/mol. The zero-order chi connectivity index (χ0) is 10.6. The molecule has 0 amide bonds. The standard InChI is InChI=1S/C11H18N2O.ClH/c1-9-10(12)5-4-6-11(9)14-8-7-13(2)3;/h4-6H,7-8,12H2,1-3H3;1H. The molecule has 0 aliphatic rings. The molecule has 0 heterocycles. The minimum atomic E-state index is 0. The quantitative estimate of drug-likeness (QED) is 0.804. The topological polar surface area (TPSA) is 38.5 Å². The summed E-state index contributed by atoms with van der Waals surface area (Å²) < 4.78 is 5.61. The summed E-state index contributed by atoms with van der Waals surface area (Å²) in [5.41, 5.74) is 7.57. The minimum absolute atomic E-state index is 0. The van der Waals surface area contributed by atoms with E-state index in [1.165, 1.54) is 0 Å². The first kappa shape index (κ1) is 14.1. The molecular weight excluding hydrogens is 212 g/mol. The maximum atomic E-state index is 5.76. The number of nitrogens with two attached hydrogens (primary N) is 1. The van der Waals surface area contributed by atoms with Gasteiger partial charge < -0.3 is 15.4 Å². The van der Waals surface area contributed by atoms with Crippen molar-refractivity contribution in [1.29, 1.82) is 0 Å². The fourth-order valence-electron chi connectivity index (χ4n) is 1.13. The maximum absolute atomic E-state index is 5.76. The molecule has 0 unspecified atom stereocenters. The van der Waals surface area contributed by atoms with Gasteiger partial charge in [-0.3, -0.25) is 0 Å². The summed E-state index contributed by atoms with van der Waals surface area (Å²) in [6.45, 7) is 3.58. The fourth-order valence-corrected chi connectivity index (χ4v) is 1.13. The van der Waals surface area contributed by atoms with Gasteiger partial charge in [-0.1, -0.05) is 6.07 Å². The molecule has 86 valence electrons. The third-order valence-electron chi connectivity index (χ3n) is 2.12. The number of benzene rings is 1. The number of hydrogen-bond acceptors (Lipinski definition) is 3. The Hall–Kier alpha value is -0.930. The highest BCUT2D eigenvalue weighted by molar-refractivity contribution is 5.85. The highest BCUT2D eigenvalue weighted by Gasteiger charge is 2.01. The molecule has 0 spiro atoms. The molecule has 1 rings (SSSR count). The minimum Gasteiger partial charge on any atom is -0.492 e. The van der Waals surface area contributed by atoms with Crippen molar-refractivity contribution in [2.45, 2.75) is 6.92 Å². The van der Waals surface area contributed by atoms with Gasteiger partial charge in [0, 0.05) is 17.8 Å². The molecule has 0 aliphatic heterocycles. The van der Waals surface area contributed by atoms with E-state index in [1.54, 1.807) is 0 Å². The Kier molecular flexibility index (Phi) is 6.13. The average Bonchev–Trinajstić information content (AvgIpc) is 2.12.